The lowest BCUT2D eigenvalue weighted by molar-refractivity contribution is 0.112. The fourth-order valence-corrected chi connectivity index (χ4v) is 2.45. The van der Waals surface area contributed by atoms with Crippen LogP contribution in [0.1, 0.15) is 23.7 Å². The molecule has 0 aliphatic carbocycles. The maximum atomic E-state index is 11.7. The molecule has 1 rings (SSSR count). The van der Waals surface area contributed by atoms with Gasteiger partial charge in [-0.3, -0.25) is 4.79 Å². The van der Waals surface area contributed by atoms with Crippen molar-refractivity contribution < 1.29 is 13.2 Å². The third-order valence-electron chi connectivity index (χ3n) is 1.88. The zero-order valence-electron chi connectivity index (χ0n) is 8.43. The predicted octanol–water partition coefficient (Wildman–Crippen LogP) is 1.19. The van der Waals surface area contributed by atoms with Crippen LogP contribution in [0.5, 0.6) is 0 Å². The number of aldehydes is 1. The first-order chi connectivity index (χ1) is 7.11. The van der Waals surface area contributed by atoms with Gasteiger partial charge in [-0.1, -0.05) is 25.1 Å². The predicted molar refractivity (Wildman–Crippen MR) is 57.3 cm³/mol. The molecule has 5 heteroatoms. The van der Waals surface area contributed by atoms with Gasteiger partial charge in [0.2, 0.25) is 10.0 Å². The topological polar surface area (TPSA) is 63.2 Å². The van der Waals surface area contributed by atoms with E-state index in [1.165, 1.54) is 12.1 Å². The number of hydrogen-bond donors (Lipinski definition) is 1. The zero-order chi connectivity index (χ0) is 11.3. The normalized spacial score (nSPS) is 11.3. The molecule has 0 amide bonds. The SMILES string of the molecule is CCCNS(=O)(=O)c1ccccc1C=O. The summed E-state index contributed by atoms with van der Waals surface area (Å²) in [5.74, 6) is 0. The molecule has 0 aliphatic rings. The fraction of sp³-hybridized carbons (Fsp3) is 0.300. The second kappa shape index (κ2) is 5.04. The Hall–Kier alpha value is -1.20. The summed E-state index contributed by atoms with van der Waals surface area (Å²) in [5, 5.41) is 0. The van der Waals surface area contributed by atoms with E-state index in [-0.39, 0.29) is 10.5 Å². The number of carbonyl (C=O) groups excluding carboxylic acids is 1. The molecule has 0 atom stereocenters. The number of nitrogens with one attached hydrogen (secondary N) is 1. The van der Waals surface area contributed by atoms with Crippen LogP contribution in [0.15, 0.2) is 29.2 Å². The highest BCUT2D eigenvalue weighted by Crippen LogP contribution is 2.12. The van der Waals surface area contributed by atoms with Gasteiger partial charge in [-0.15, -0.1) is 0 Å². The Kier molecular flexibility index (Phi) is 3.99. The average molecular weight is 227 g/mol. The Balaban J connectivity index is 3.09. The number of rotatable bonds is 5. The molecule has 0 saturated carbocycles. The lowest BCUT2D eigenvalue weighted by Gasteiger charge is -2.06. The summed E-state index contributed by atoms with van der Waals surface area (Å²) in [6.45, 7) is 2.24. The molecule has 15 heavy (non-hydrogen) atoms. The molecule has 0 aromatic heterocycles. The Morgan fingerprint density at radius 1 is 1.33 bits per heavy atom. The van der Waals surface area contributed by atoms with E-state index < -0.39 is 10.0 Å². The molecule has 1 aromatic rings. The molecule has 0 spiro atoms. The first-order valence-corrected chi connectivity index (χ1v) is 6.14. The van der Waals surface area contributed by atoms with E-state index in [9.17, 15) is 13.2 Å². The molecule has 82 valence electrons. The molecule has 0 unspecified atom stereocenters. The van der Waals surface area contributed by atoms with Crippen molar-refractivity contribution in [2.24, 2.45) is 0 Å². The number of hydrogen-bond acceptors (Lipinski definition) is 3. The summed E-state index contributed by atoms with van der Waals surface area (Å²) in [6, 6.07) is 6.12. The average Bonchev–Trinajstić information content (AvgIpc) is 2.26. The van der Waals surface area contributed by atoms with Gasteiger partial charge in [0, 0.05) is 12.1 Å². The molecule has 4 nitrogen and oxygen atoms in total. The van der Waals surface area contributed by atoms with Crippen LogP contribution in [0.2, 0.25) is 0 Å². The van der Waals surface area contributed by atoms with Crippen LogP contribution in [0.4, 0.5) is 0 Å². The van der Waals surface area contributed by atoms with Crippen LogP contribution in [0.3, 0.4) is 0 Å². The summed E-state index contributed by atoms with van der Waals surface area (Å²) in [4.78, 5) is 10.7. The van der Waals surface area contributed by atoms with Gasteiger partial charge >= 0.3 is 0 Å². The quantitative estimate of drug-likeness (QED) is 0.768. The minimum atomic E-state index is -3.55. The molecular weight excluding hydrogens is 214 g/mol. The Bertz CT molecular complexity index is 440. The van der Waals surface area contributed by atoms with Crippen molar-refractivity contribution in [1.82, 2.24) is 4.72 Å². The summed E-state index contributed by atoms with van der Waals surface area (Å²) in [5.41, 5.74) is 0.182. The zero-order valence-corrected chi connectivity index (χ0v) is 9.25. The van der Waals surface area contributed by atoms with Crippen molar-refractivity contribution in [2.45, 2.75) is 18.2 Å². The minimum Gasteiger partial charge on any atom is -0.298 e. The van der Waals surface area contributed by atoms with E-state index in [0.717, 1.165) is 0 Å². The number of sulfonamides is 1. The van der Waals surface area contributed by atoms with Crippen molar-refractivity contribution in [2.75, 3.05) is 6.54 Å². The second-order valence-electron chi connectivity index (χ2n) is 3.05. The van der Waals surface area contributed by atoms with Gasteiger partial charge in [0.05, 0.1) is 4.90 Å². The Morgan fingerprint density at radius 3 is 2.60 bits per heavy atom. The highest BCUT2D eigenvalue weighted by atomic mass is 32.2. The monoisotopic (exact) mass is 227 g/mol. The van der Waals surface area contributed by atoms with Crippen molar-refractivity contribution in [3.8, 4) is 0 Å². The van der Waals surface area contributed by atoms with Gasteiger partial charge in [0.15, 0.2) is 6.29 Å². The Labute approximate surface area is 89.4 Å². The summed E-state index contributed by atoms with van der Waals surface area (Å²) >= 11 is 0. The molecule has 1 aromatic carbocycles. The molecular formula is C10H13NO3S. The van der Waals surface area contributed by atoms with E-state index in [1.807, 2.05) is 6.92 Å². The van der Waals surface area contributed by atoms with E-state index >= 15 is 0 Å². The highest BCUT2D eigenvalue weighted by Gasteiger charge is 2.16. The summed E-state index contributed by atoms with van der Waals surface area (Å²) in [7, 11) is -3.55. The van der Waals surface area contributed by atoms with Gasteiger partial charge in [-0.25, -0.2) is 13.1 Å². The van der Waals surface area contributed by atoms with E-state index in [4.69, 9.17) is 0 Å². The lowest BCUT2D eigenvalue weighted by atomic mass is 10.2. The maximum Gasteiger partial charge on any atom is 0.241 e. The van der Waals surface area contributed by atoms with Crippen molar-refractivity contribution in [3.05, 3.63) is 29.8 Å². The van der Waals surface area contributed by atoms with Gasteiger partial charge in [0.25, 0.3) is 0 Å². The van der Waals surface area contributed by atoms with Gasteiger partial charge in [0.1, 0.15) is 0 Å². The number of carbonyl (C=O) groups is 1. The van der Waals surface area contributed by atoms with Crippen LogP contribution in [0.25, 0.3) is 0 Å². The van der Waals surface area contributed by atoms with Crippen molar-refractivity contribution in [1.29, 1.82) is 0 Å². The molecule has 0 aliphatic heterocycles. The van der Waals surface area contributed by atoms with Crippen LogP contribution >= 0.6 is 0 Å². The molecule has 0 radical (unpaired) electrons. The van der Waals surface area contributed by atoms with Crippen LogP contribution in [-0.2, 0) is 10.0 Å². The third kappa shape index (κ3) is 2.87. The largest absolute Gasteiger partial charge is 0.298 e. The van der Waals surface area contributed by atoms with Gasteiger partial charge < -0.3 is 0 Å². The second-order valence-corrected chi connectivity index (χ2v) is 4.79. The van der Waals surface area contributed by atoms with Gasteiger partial charge in [-0.05, 0) is 12.5 Å². The van der Waals surface area contributed by atoms with Crippen LogP contribution in [0, 0.1) is 0 Å². The molecule has 0 heterocycles. The summed E-state index contributed by atoms with van der Waals surface area (Å²) in [6.07, 6.45) is 1.25. The molecule has 0 bridgehead atoms. The standard InChI is InChI=1S/C10H13NO3S/c1-2-7-11-15(13,14)10-6-4-3-5-9(10)8-12/h3-6,8,11H,2,7H2,1H3. The Morgan fingerprint density at radius 2 is 2.00 bits per heavy atom. The van der Waals surface area contributed by atoms with E-state index in [1.54, 1.807) is 12.1 Å². The molecule has 1 N–H and O–H groups in total. The van der Waals surface area contributed by atoms with Crippen molar-refractivity contribution in [3.63, 3.8) is 0 Å². The molecule has 0 fully saturated rings. The lowest BCUT2D eigenvalue weighted by Crippen LogP contribution is -2.25. The highest BCUT2D eigenvalue weighted by molar-refractivity contribution is 7.89. The summed E-state index contributed by atoms with van der Waals surface area (Å²) < 4.78 is 25.8. The van der Waals surface area contributed by atoms with Crippen molar-refractivity contribution >= 4 is 16.3 Å². The number of benzene rings is 1. The maximum absolute atomic E-state index is 11.7. The van der Waals surface area contributed by atoms with Crippen LogP contribution in [-0.4, -0.2) is 21.2 Å². The molecule has 0 saturated heterocycles. The van der Waals surface area contributed by atoms with E-state index in [2.05, 4.69) is 4.72 Å². The first kappa shape index (κ1) is 11.9. The van der Waals surface area contributed by atoms with Gasteiger partial charge in [-0.2, -0.15) is 0 Å². The van der Waals surface area contributed by atoms with Crippen LogP contribution < -0.4 is 4.72 Å². The minimum absolute atomic E-state index is 0.0356. The third-order valence-corrected chi connectivity index (χ3v) is 3.41. The smallest absolute Gasteiger partial charge is 0.241 e. The fourth-order valence-electron chi connectivity index (χ4n) is 1.14. The first-order valence-electron chi connectivity index (χ1n) is 4.65. The van der Waals surface area contributed by atoms with E-state index in [0.29, 0.717) is 19.3 Å².